The lowest BCUT2D eigenvalue weighted by atomic mass is 9.94. The third-order valence-corrected chi connectivity index (χ3v) is 6.19. The number of ketones is 1. The third-order valence-electron chi connectivity index (χ3n) is 6.19. The highest BCUT2D eigenvalue weighted by atomic mass is 16.5. The number of rotatable bonds is 8. The largest absolute Gasteiger partial charge is 0.872 e. The standard InChI is InChI=1S/C29H30N2O4/c1-20-18-23(35-19-21-10-6-4-7-11-21)14-15-24(20)27(32)25-26(22-12-8-5-9-13-22)31(17-16-30(2)3)29(34)28(25)33/h4-15,18,26,32H,16-17,19H2,1-3H3. The van der Waals surface area contributed by atoms with Gasteiger partial charge in [0.2, 0.25) is 5.78 Å². The molecule has 1 fully saturated rings. The summed E-state index contributed by atoms with van der Waals surface area (Å²) in [6.07, 6.45) is 0. The lowest BCUT2D eigenvalue weighted by Crippen LogP contribution is -3.06. The van der Waals surface area contributed by atoms with Crippen LogP contribution in [-0.4, -0.2) is 43.8 Å². The number of nitrogens with zero attached hydrogens (tertiary/aromatic N) is 1. The fourth-order valence-electron chi connectivity index (χ4n) is 4.29. The van der Waals surface area contributed by atoms with E-state index in [4.69, 9.17) is 4.74 Å². The fourth-order valence-corrected chi connectivity index (χ4v) is 4.29. The number of benzene rings is 3. The van der Waals surface area contributed by atoms with Crippen LogP contribution in [0.4, 0.5) is 0 Å². The minimum atomic E-state index is -0.721. The maximum absolute atomic E-state index is 13.7. The van der Waals surface area contributed by atoms with Gasteiger partial charge in [0.1, 0.15) is 12.4 Å². The summed E-state index contributed by atoms with van der Waals surface area (Å²) in [5.41, 5.74) is 2.90. The van der Waals surface area contributed by atoms with E-state index in [1.807, 2.05) is 81.7 Å². The molecular formula is C29H30N2O4. The van der Waals surface area contributed by atoms with Crippen LogP contribution in [0, 0.1) is 6.92 Å². The molecule has 0 bridgehead atoms. The number of hydrogen-bond acceptors (Lipinski definition) is 4. The van der Waals surface area contributed by atoms with Gasteiger partial charge in [0.05, 0.1) is 33.2 Å². The number of hydrogen-bond donors (Lipinski definition) is 1. The van der Waals surface area contributed by atoms with Gasteiger partial charge in [-0.05, 0) is 41.3 Å². The molecule has 1 atom stereocenters. The topological polar surface area (TPSA) is 74.1 Å². The van der Waals surface area contributed by atoms with Gasteiger partial charge in [-0.1, -0.05) is 72.5 Å². The Morgan fingerprint density at radius 2 is 1.63 bits per heavy atom. The average Bonchev–Trinajstić information content (AvgIpc) is 3.12. The molecule has 35 heavy (non-hydrogen) atoms. The van der Waals surface area contributed by atoms with E-state index in [1.165, 1.54) is 4.90 Å². The first-order valence-corrected chi connectivity index (χ1v) is 11.7. The van der Waals surface area contributed by atoms with E-state index in [0.717, 1.165) is 16.0 Å². The summed E-state index contributed by atoms with van der Waals surface area (Å²) in [7, 11) is 3.97. The number of quaternary nitrogens is 1. The van der Waals surface area contributed by atoms with Crippen molar-refractivity contribution in [3.8, 4) is 5.75 Å². The average molecular weight is 471 g/mol. The number of likely N-dealkylation sites (N-methyl/N-ethyl adjacent to an activating group) is 1. The zero-order valence-electron chi connectivity index (χ0n) is 20.3. The van der Waals surface area contributed by atoms with Crippen LogP contribution in [0.5, 0.6) is 5.75 Å². The maximum atomic E-state index is 13.7. The van der Waals surface area contributed by atoms with Crippen LogP contribution in [0.15, 0.2) is 84.4 Å². The number of carbonyl (C=O) groups is 2. The van der Waals surface area contributed by atoms with Gasteiger partial charge >= 0.3 is 0 Å². The molecule has 1 saturated heterocycles. The fraction of sp³-hybridized carbons (Fsp3) is 0.241. The molecule has 0 radical (unpaired) electrons. The second kappa shape index (κ2) is 10.6. The molecule has 6 nitrogen and oxygen atoms in total. The van der Waals surface area contributed by atoms with Crippen LogP contribution in [-0.2, 0) is 16.2 Å². The van der Waals surface area contributed by atoms with Gasteiger partial charge in [-0.15, -0.1) is 0 Å². The van der Waals surface area contributed by atoms with Gasteiger partial charge in [-0.3, -0.25) is 9.59 Å². The molecule has 1 aliphatic rings. The third kappa shape index (κ3) is 5.28. The quantitative estimate of drug-likeness (QED) is 0.310. The molecule has 3 aromatic carbocycles. The molecule has 1 heterocycles. The summed E-state index contributed by atoms with van der Waals surface area (Å²) >= 11 is 0. The normalized spacial score (nSPS) is 17.3. The first kappa shape index (κ1) is 24.2. The van der Waals surface area contributed by atoms with Crippen molar-refractivity contribution in [1.82, 2.24) is 4.90 Å². The van der Waals surface area contributed by atoms with Crippen molar-refractivity contribution in [3.05, 3.63) is 107 Å². The van der Waals surface area contributed by atoms with Crippen LogP contribution in [0.2, 0.25) is 0 Å². The maximum Gasteiger partial charge on any atom is 0.295 e. The van der Waals surface area contributed by atoms with Crippen molar-refractivity contribution >= 4 is 17.4 Å². The van der Waals surface area contributed by atoms with Gasteiger partial charge in [0, 0.05) is 5.57 Å². The number of Topliss-reactive ketones (excluding diaryl/α,β-unsaturated/α-hetero) is 1. The number of carbonyl (C=O) groups excluding carboxylic acids is 2. The lowest BCUT2D eigenvalue weighted by Gasteiger charge is -2.28. The van der Waals surface area contributed by atoms with Crippen molar-refractivity contribution in [3.63, 3.8) is 0 Å². The molecule has 1 amide bonds. The second-order valence-corrected chi connectivity index (χ2v) is 9.09. The Hall–Kier alpha value is -3.90. The number of likely N-dealkylation sites (tertiary alicyclic amines) is 1. The minimum Gasteiger partial charge on any atom is -0.872 e. The highest BCUT2D eigenvalue weighted by Gasteiger charge is 2.44. The predicted molar refractivity (Wildman–Crippen MR) is 132 cm³/mol. The van der Waals surface area contributed by atoms with Crippen molar-refractivity contribution in [2.75, 3.05) is 27.2 Å². The summed E-state index contributed by atoms with van der Waals surface area (Å²) in [4.78, 5) is 28.8. The molecule has 0 aromatic heterocycles. The van der Waals surface area contributed by atoms with Crippen molar-refractivity contribution in [1.29, 1.82) is 0 Å². The summed E-state index contributed by atoms with van der Waals surface area (Å²) in [5, 5.41) is 13.7. The number of amides is 1. The molecule has 180 valence electrons. The van der Waals surface area contributed by atoms with E-state index in [0.29, 0.717) is 36.6 Å². The van der Waals surface area contributed by atoms with Crippen molar-refractivity contribution in [2.45, 2.75) is 19.6 Å². The highest BCUT2D eigenvalue weighted by molar-refractivity contribution is 6.46. The smallest absolute Gasteiger partial charge is 0.295 e. The van der Waals surface area contributed by atoms with Crippen LogP contribution in [0.3, 0.4) is 0 Å². The first-order chi connectivity index (χ1) is 16.9. The Labute approximate surface area is 206 Å². The van der Waals surface area contributed by atoms with E-state index >= 15 is 0 Å². The molecule has 6 heteroatoms. The zero-order chi connectivity index (χ0) is 24.9. The number of ether oxygens (including phenoxy) is 1. The van der Waals surface area contributed by atoms with Crippen LogP contribution in [0.1, 0.15) is 28.3 Å². The molecule has 4 rings (SSSR count). The Morgan fingerprint density at radius 1 is 0.971 bits per heavy atom. The lowest BCUT2D eigenvalue weighted by molar-refractivity contribution is -0.857. The molecule has 0 spiro atoms. The highest BCUT2D eigenvalue weighted by Crippen LogP contribution is 2.39. The van der Waals surface area contributed by atoms with Gasteiger partial charge in [-0.2, -0.15) is 0 Å². The number of aryl methyl sites for hydroxylation is 1. The van der Waals surface area contributed by atoms with Gasteiger partial charge < -0.3 is 19.6 Å². The van der Waals surface area contributed by atoms with E-state index in [-0.39, 0.29) is 5.57 Å². The van der Waals surface area contributed by atoms with Crippen molar-refractivity contribution < 1.29 is 24.3 Å². The molecule has 3 aromatic rings. The minimum absolute atomic E-state index is 0.0102. The Morgan fingerprint density at radius 3 is 2.26 bits per heavy atom. The van der Waals surface area contributed by atoms with Gasteiger partial charge in [-0.25, -0.2) is 0 Å². The van der Waals surface area contributed by atoms with E-state index < -0.39 is 23.5 Å². The van der Waals surface area contributed by atoms with E-state index in [1.54, 1.807) is 18.2 Å². The monoisotopic (exact) mass is 470 g/mol. The molecule has 0 saturated carbocycles. The Kier molecular flexibility index (Phi) is 7.32. The zero-order valence-corrected chi connectivity index (χ0v) is 20.3. The number of nitrogens with one attached hydrogen (secondary N) is 1. The van der Waals surface area contributed by atoms with Crippen LogP contribution < -0.4 is 14.7 Å². The Balaban J connectivity index is 1.68. The SMILES string of the molecule is Cc1cc(OCc2ccccc2)ccc1C([O-])=C1C(=O)C(=O)N(CC[NH+](C)C)C1c1ccccc1. The summed E-state index contributed by atoms with van der Waals surface area (Å²) in [6, 6.07) is 23.6. The second-order valence-electron chi connectivity index (χ2n) is 9.09. The summed E-state index contributed by atoms with van der Waals surface area (Å²) in [6.45, 7) is 3.27. The van der Waals surface area contributed by atoms with E-state index in [2.05, 4.69) is 0 Å². The van der Waals surface area contributed by atoms with Crippen LogP contribution >= 0.6 is 0 Å². The predicted octanol–water partition coefficient (Wildman–Crippen LogP) is 1.94. The Bertz CT molecular complexity index is 1240. The molecule has 1 N–H and O–H groups in total. The van der Waals surface area contributed by atoms with E-state index in [9.17, 15) is 14.7 Å². The summed E-state index contributed by atoms with van der Waals surface area (Å²) in [5.74, 6) is -1.12. The van der Waals surface area contributed by atoms with Crippen LogP contribution in [0.25, 0.3) is 5.76 Å². The first-order valence-electron chi connectivity index (χ1n) is 11.7. The molecule has 0 aliphatic carbocycles. The van der Waals surface area contributed by atoms with Gasteiger partial charge in [0.15, 0.2) is 0 Å². The molecule has 1 unspecified atom stereocenters. The molecule has 1 aliphatic heterocycles. The summed E-state index contributed by atoms with van der Waals surface area (Å²) < 4.78 is 5.88. The molecular weight excluding hydrogens is 440 g/mol. The van der Waals surface area contributed by atoms with Gasteiger partial charge in [0.25, 0.3) is 5.91 Å². The van der Waals surface area contributed by atoms with Crippen molar-refractivity contribution in [2.24, 2.45) is 0 Å².